The summed E-state index contributed by atoms with van der Waals surface area (Å²) < 4.78 is 37.6. The van der Waals surface area contributed by atoms with E-state index in [4.69, 9.17) is 9.47 Å². The lowest BCUT2D eigenvalue weighted by atomic mass is 10.2. The highest BCUT2D eigenvalue weighted by Gasteiger charge is 2.33. The summed E-state index contributed by atoms with van der Waals surface area (Å²) in [5.41, 5.74) is 6.16. The molecule has 2 aromatic carbocycles. The van der Waals surface area contributed by atoms with Gasteiger partial charge in [0.25, 0.3) is 21.8 Å². The maximum Gasteiger partial charge on any atom is 0.269 e. The number of carbonyl (C=O) groups is 2. The summed E-state index contributed by atoms with van der Waals surface area (Å²) in [5, 5.41) is 0.380. The molecule has 12 heteroatoms. The third-order valence-corrected chi connectivity index (χ3v) is 6.97. The van der Waals surface area contributed by atoms with E-state index in [0.29, 0.717) is 34.3 Å². The fourth-order valence-electron chi connectivity index (χ4n) is 3.17. The van der Waals surface area contributed by atoms with E-state index in [1.54, 1.807) is 30.3 Å². The first-order chi connectivity index (χ1) is 14.4. The average Bonchev–Trinajstić information content (AvgIpc) is 3.33. The fraction of sp³-hybridized carbons (Fsp3) is 0.167. The van der Waals surface area contributed by atoms with E-state index < -0.39 is 21.8 Å². The maximum absolute atomic E-state index is 12.5. The van der Waals surface area contributed by atoms with Gasteiger partial charge < -0.3 is 14.4 Å². The lowest BCUT2D eigenvalue weighted by molar-refractivity contribution is 0.0846. The molecule has 3 aliphatic rings. The van der Waals surface area contributed by atoms with Crippen LogP contribution in [0, 0.1) is 0 Å². The van der Waals surface area contributed by atoms with Crippen molar-refractivity contribution in [2.24, 2.45) is 4.40 Å². The number of amides is 2. The molecule has 154 valence electrons. The largest absolute Gasteiger partial charge is 0.454 e. The zero-order chi connectivity index (χ0) is 20.9. The van der Waals surface area contributed by atoms with Gasteiger partial charge in [-0.25, -0.2) is 8.42 Å². The van der Waals surface area contributed by atoms with Crippen molar-refractivity contribution in [1.82, 2.24) is 10.9 Å². The molecule has 0 aromatic heterocycles. The Bertz CT molecular complexity index is 1230. The summed E-state index contributed by atoms with van der Waals surface area (Å²) in [4.78, 5) is 27.3. The second kappa shape index (κ2) is 6.92. The van der Waals surface area contributed by atoms with E-state index in [1.807, 2.05) is 4.90 Å². The highest BCUT2D eigenvalue weighted by atomic mass is 32.2. The summed E-state index contributed by atoms with van der Waals surface area (Å²) in [6.45, 7) is 0.418. The van der Waals surface area contributed by atoms with Crippen molar-refractivity contribution in [2.75, 3.05) is 24.0 Å². The Morgan fingerprint density at radius 2 is 1.70 bits per heavy atom. The van der Waals surface area contributed by atoms with Crippen molar-refractivity contribution in [2.45, 2.75) is 4.90 Å². The molecule has 0 aliphatic carbocycles. The van der Waals surface area contributed by atoms with Crippen molar-refractivity contribution < 1.29 is 27.5 Å². The second-order valence-electron chi connectivity index (χ2n) is 6.57. The Balaban J connectivity index is 1.27. The molecule has 2 N–H and O–H groups in total. The van der Waals surface area contributed by atoms with Gasteiger partial charge in [-0.3, -0.25) is 20.4 Å². The minimum Gasteiger partial charge on any atom is -0.454 e. The minimum atomic E-state index is -3.45. The number of anilines is 1. The first-order valence-corrected chi connectivity index (χ1v) is 11.2. The SMILES string of the molecule is O=C(NNC(=O)c1ccc2c(c1)SC1=NS(=O)(=O)CCN12)c1ccc2c(c1)OCO2. The van der Waals surface area contributed by atoms with Gasteiger partial charge in [-0.2, -0.15) is 0 Å². The van der Waals surface area contributed by atoms with Crippen molar-refractivity contribution >= 4 is 44.5 Å². The van der Waals surface area contributed by atoms with Gasteiger partial charge >= 0.3 is 0 Å². The smallest absolute Gasteiger partial charge is 0.269 e. The Labute approximate surface area is 175 Å². The van der Waals surface area contributed by atoms with Gasteiger partial charge in [-0.15, -0.1) is 4.40 Å². The predicted molar refractivity (Wildman–Crippen MR) is 108 cm³/mol. The van der Waals surface area contributed by atoms with E-state index in [0.717, 1.165) is 10.6 Å². The van der Waals surface area contributed by atoms with E-state index in [9.17, 15) is 18.0 Å². The molecule has 0 saturated heterocycles. The molecular formula is C18H14N4O6S2. The summed E-state index contributed by atoms with van der Waals surface area (Å²) in [7, 11) is -3.45. The number of hydrogen-bond acceptors (Lipinski definition) is 8. The number of hydrazine groups is 1. The van der Waals surface area contributed by atoms with Crippen LogP contribution in [0.4, 0.5) is 5.69 Å². The van der Waals surface area contributed by atoms with Crippen molar-refractivity contribution in [1.29, 1.82) is 0 Å². The van der Waals surface area contributed by atoms with E-state index in [2.05, 4.69) is 15.2 Å². The molecule has 2 aromatic rings. The number of carbonyl (C=O) groups excluding carboxylic acids is 2. The van der Waals surface area contributed by atoms with Crippen LogP contribution in [0.5, 0.6) is 11.5 Å². The number of amidine groups is 1. The molecule has 10 nitrogen and oxygen atoms in total. The van der Waals surface area contributed by atoms with Crippen molar-refractivity contribution in [3.05, 3.63) is 47.5 Å². The molecular weight excluding hydrogens is 432 g/mol. The van der Waals surface area contributed by atoms with Crippen molar-refractivity contribution in [3.63, 3.8) is 0 Å². The van der Waals surface area contributed by atoms with Gasteiger partial charge in [-0.1, -0.05) is 0 Å². The van der Waals surface area contributed by atoms with Crippen LogP contribution in [0.15, 0.2) is 45.7 Å². The van der Waals surface area contributed by atoms with Crippen LogP contribution in [0.1, 0.15) is 20.7 Å². The zero-order valence-electron chi connectivity index (χ0n) is 15.2. The summed E-state index contributed by atoms with van der Waals surface area (Å²) >= 11 is 1.19. The predicted octanol–water partition coefficient (Wildman–Crippen LogP) is 1.10. The van der Waals surface area contributed by atoms with Crippen LogP contribution in [0.25, 0.3) is 0 Å². The third-order valence-electron chi connectivity index (χ3n) is 4.66. The molecule has 30 heavy (non-hydrogen) atoms. The highest BCUT2D eigenvalue weighted by molar-refractivity contribution is 8.15. The monoisotopic (exact) mass is 446 g/mol. The van der Waals surface area contributed by atoms with Crippen LogP contribution in [-0.4, -0.2) is 44.5 Å². The van der Waals surface area contributed by atoms with Crippen molar-refractivity contribution in [3.8, 4) is 11.5 Å². The van der Waals surface area contributed by atoms with Crippen LogP contribution in [0.3, 0.4) is 0 Å². The Morgan fingerprint density at radius 3 is 2.50 bits per heavy atom. The topological polar surface area (TPSA) is 126 Å². The van der Waals surface area contributed by atoms with E-state index in [-0.39, 0.29) is 12.5 Å². The van der Waals surface area contributed by atoms with E-state index >= 15 is 0 Å². The number of rotatable bonds is 2. The molecule has 0 radical (unpaired) electrons. The van der Waals surface area contributed by atoms with Crippen LogP contribution >= 0.6 is 11.8 Å². The normalized spacial score (nSPS) is 17.6. The molecule has 5 rings (SSSR count). The van der Waals surface area contributed by atoms with Gasteiger partial charge in [0.15, 0.2) is 16.7 Å². The molecule has 0 fully saturated rings. The Kier molecular flexibility index (Phi) is 4.33. The number of thioether (sulfide) groups is 1. The zero-order valence-corrected chi connectivity index (χ0v) is 16.9. The number of sulfonamides is 1. The highest BCUT2D eigenvalue weighted by Crippen LogP contribution is 2.42. The average molecular weight is 446 g/mol. The lowest BCUT2D eigenvalue weighted by Crippen LogP contribution is -2.41. The number of nitrogens with one attached hydrogen (secondary N) is 2. The summed E-state index contributed by atoms with van der Waals surface area (Å²) in [6.07, 6.45) is 0. The first-order valence-electron chi connectivity index (χ1n) is 8.82. The van der Waals surface area contributed by atoms with Gasteiger partial charge in [0, 0.05) is 22.6 Å². The van der Waals surface area contributed by atoms with Crippen LogP contribution in [-0.2, 0) is 10.0 Å². The Morgan fingerprint density at radius 1 is 1.00 bits per heavy atom. The first kappa shape index (κ1) is 18.8. The van der Waals surface area contributed by atoms with Crippen LogP contribution < -0.4 is 25.2 Å². The maximum atomic E-state index is 12.5. The molecule has 0 bridgehead atoms. The fourth-order valence-corrected chi connectivity index (χ4v) is 5.46. The molecule has 0 spiro atoms. The van der Waals surface area contributed by atoms with Crippen LogP contribution in [0.2, 0.25) is 0 Å². The minimum absolute atomic E-state index is 0.0510. The second-order valence-corrected chi connectivity index (χ2v) is 9.34. The van der Waals surface area contributed by atoms with E-state index in [1.165, 1.54) is 17.8 Å². The quantitative estimate of drug-likeness (QED) is 0.657. The number of benzene rings is 2. The number of ether oxygens (including phenoxy) is 2. The summed E-state index contributed by atoms with van der Waals surface area (Å²) in [5.74, 6) is -0.0447. The van der Waals surface area contributed by atoms with Gasteiger partial charge in [0.05, 0.1) is 11.4 Å². The Hall–Kier alpha value is -3.25. The molecule has 3 aliphatic heterocycles. The molecule has 0 saturated carbocycles. The number of hydrogen-bond donors (Lipinski definition) is 2. The number of nitrogens with zero attached hydrogens (tertiary/aromatic N) is 2. The molecule has 3 heterocycles. The molecule has 0 atom stereocenters. The lowest BCUT2D eigenvalue weighted by Gasteiger charge is -2.22. The third kappa shape index (κ3) is 3.33. The van der Waals surface area contributed by atoms with Gasteiger partial charge in [-0.05, 0) is 48.2 Å². The van der Waals surface area contributed by atoms with Gasteiger partial charge in [0.1, 0.15) is 0 Å². The van der Waals surface area contributed by atoms with Gasteiger partial charge in [0.2, 0.25) is 6.79 Å². The molecule has 0 unspecified atom stereocenters. The standard InChI is InChI=1S/C18H14N4O6S2/c23-16(10-2-4-13-14(7-10)28-9-27-13)19-20-17(24)11-1-3-12-15(8-11)29-18-21-30(25,26)6-5-22(12)18/h1-4,7-8H,5-6,9H2,(H,19,23)(H,20,24). The summed E-state index contributed by atoms with van der Waals surface area (Å²) in [6, 6.07) is 9.68. The molecule has 2 amide bonds. The number of fused-ring (bicyclic) bond motifs is 4.